The average Bonchev–Trinajstić information content (AvgIpc) is 2.38. The van der Waals surface area contributed by atoms with Crippen LogP contribution in [0.3, 0.4) is 0 Å². The van der Waals surface area contributed by atoms with Crippen LogP contribution in [0.1, 0.15) is 31.4 Å². The first kappa shape index (κ1) is 14.2. The van der Waals surface area contributed by atoms with Crippen LogP contribution in [-0.4, -0.2) is 53.2 Å². The lowest BCUT2D eigenvalue weighted by atomic mass is 9.98. The number of piperidine rings is 1. The molecular formula is C15H24N2O2. The molecule has 0 aliphatic carbocycles. The minimum Gasteiger partial charge on any atom is -0.507 e. The van der Waals surface area contributed by atoms with E-state index in [1.165, 1.54) is 0 Å². The molecule has 4 heteroatoms. The predicted molar refractivity (Wildman–Crippen MR) is 76.5 cm³/mol. The summed E-state index contributed by atoms with van der Waals surface area (Å²) in [4.78, 5) is 4.61. The monoisotopic (exact) mass is 264 g/mol. The van der Waals surface area contributed by atoms with Gasteiger partial charge in [-0.1, -0.05) is 6.07 Å². The van der Waals surface area contributed by atoms with E-state index in [1.807, 2.05) is 6.92 Å². The van der Waals surface area contributed by atoms with E-state index >= 15 is 0 Å². The Kier molecular flexibility index (Phi) is 4.32. The maximum atomic E-state index is 9.94. The highest BCUT2D eigenvalue weighted by molar-refractivity contribution is 5.45. The van der Waals surface area contributed by atoms with Gasteiger partial charge in [0.15, 0.2) is 0 Å². The summed E-state index contributed by atoms with van der Waals surface area (Å²) < 4.78 is 0. The zero-order valence-electron chi connectivity index (χ0n) is 12.0. The molecule has 0 aromatic heterocycles. The molecule has 1 fully saturated rings. The largest absolute Gasteiger partial charge is 0.507 e. The van der Waals surface area contributed by atoms with Crippen molar-refractivity contribution in [2.24, 2.45) is 0 Å². The number of hydrogen-bond acceptors (Lipinski definition) is 4. The molecule has 0 spiro atoms. The first-order valence-corrected chi connectivity index (χ1v) is 6.92. The number of phenols is 2. The van der Waals surface area contributed by atoms with E-state index in [2.05, 4.69) is 23.9 Å². The second-order valence-corrected chi connectivity index (χ2v) is 5.62. The van der Waals surface area contributed by atoms with Crippen molar-refractivity contribution in [3.8, 4) is 11.5 Å². The van der Waals surface area contributed by atoms with Crippen LogP contribution in [0, 0.1) is 0 Å². The molecule has 4 nitrogen and oxygen atoms in total. The Morgan fingerprint density at radius 2 is 1.68 bits per heavy atom. The van der Waals surface area contributed by atoms with Crippen molar-refractivity contribution < 1.29 is 10.2 Å². The molecule has 0 saturated carbocycles. The van der Waals surface area contributed by atoms with Gasteiger partial charge < -0.3 is 15.1 Å². The third-order valence-electron chi connectivity index (χ3n) is 4.25. The van der Waals surface area contributed by atoms with Gasteiger partial charge in [-0.15, -0.1) is 0 Å². The number of nitrogens with zero attached hydrogens (tertiary/aromatic N) is 2. The van der Waals surface area contributed by atoms with E-state index < -0.39 is 0 Å². The average molecular weight is 264 g/mol. The van der Waals surface area contributed by atoms with E-state index in [0.29, 0.717) is 11.6 Å². The van der Waals surface area contributed by atoms with Crippen molar-refractivity contribution in [3.05, 3.63) is 23.8 Å². The van der Waals surface area contributed by atoms with Crippen molar-refractivity contribution in [1.82, 2.24) is 9.80 Å². The first-order chi connectivity index (χ1) is 9.00. The molecule has 1 aliphatic rings. The Labute approximate surface area is 115 Å². The Morgan fingerprint density at radius 3 is 2.16 bits per heavy atom. The molecule has 1 aromatic rings. The standard InChI is InChI=1S/C15H24N2O2/c1-11(15-13(18)5-4-6-14(15)19)17-9-7-12(8-10-17)16(2)3/h4-6,11-12,18-19H,7-10H2,1-3H3. The summed E-state index contributed by atoms with van der Waals surface area (Å²) in [6, 6.07) is 5.63. The molecule has 2 rings (SSSR count). The fourth-order valence-electron chi connectivity index (χ4n) is 2.94. The van der Waals surface area contributed by atoms with E-state index in [1.54, 1.807) is 18.2 Å². The molecule has 1 aromatic carbocycles. The topological polar surface area (TPSA) is 46.9 Å². The minimum absolute atomic E-state index is 0.0457. The highest BCUT2D eigenvalue weighted by Gasteiger charge is 2.27. The zero-order chi connectivity index (χ0) is 14.0. The summed E-state index contributed by atoms with van der Waals surface area (Å²) in [5, 5.41) is 19.9. The number of aromatic hydroxyl groups is 2. The third kappa shape index (κ3) is 3.01. The second-order valence-electron chi connectivity index (χ2n) is 5.62. The molecule has 1 unspecified atom stereocenters. The Bertz CT molecular complexity index is 406. The minimum atomic E-state index is 0.0457. The summed E-state index contributed by atoms with van der Waals surface area (Å²) in [5.41, 5.74) is 0.644. The Balaban J connectivity index is 2.07. The van der Waals surface area contributed by atoms with Crippen LogP contribution in [0.5, 0.6) is 11.5 Å². The van der Waals surface area contributed by atoms with Crippen molar-refractivity contribution in [1.29, 1.82) is 0 Å². The number of benzene rings is 1. The van der Waals surface area contributed by atoms with Gasteiger partial charge in [-0.2, -0.15) is 0 Å². The van der Waals surface area contributed by atoms with Crippen LogP contribution >= 0.6 is 0 Å². The van der Waals surface area contributed by atoms with Gasteiger partial charge in [-0.05, 0) is 46.0 Å². The van der Waals surface area contributed by atoms with E-state index in [0.717, 1.165) is 25.9 Å². The normalized spacial score (nSPS) is 19.8. The number of phenolic OH excluding ortho intramolecular Hbond substituents is 2. The van der Waals surface area contributed by atoms with Crippen LogP contribution in [0.4, 0.5) is 0 Å². The molecule has 106 valence electrons. The molecular weight excluding hydrogens is 240 g/mol. The van der Waals surface area contributed by atoms with Gasteiger partial charge in [0.25, 0.3) is 0 Å². The van der Waals surface area contributed by atoms with Gasteiger partial charge in [0.1, 0.15) is 11.5 Å². The smallest absolute Gasteiger partial charge is 0.124 e. The quantitative estimate of drug-likeness (QED) is 0.878. The van der Waals surface area contributed by atoms with Gasteiger partial charge in [0.2, 0.25) is 0 Å². The van der Waals surface area contributed by atoms with E-state index in [9.17, 15) is 10.2 Å². The number of rotatable bonds is 3. The molecule has 2 N–H and O–H groups in total. The number of hydrogen-bond donors (Lipinski definition) is 2. The molecule has 0 amide bonds. The van der Waals surface area contributed by atoms with Gasteiger partial charge >= 0.3 is 0 Å². The van der Waals surface area contributed by atoms with Crippen LogP contribution < -0.4 is 0 Å². The van der Waals surface area contributed by atoms with Crippen molar-refractivity contribution in [3.63, 3.8) is 0 Å². The maximum absolute atomic E-state index is 9.94. The summed E-state index contributed by atoms with van der Waals surface area (Å²) in [6.45, 7) is 4.04. The van der Waals surface area contributed by atoms with Crippen molar-refractivity contribution in [2.45, 2.75) is 31.8 Å². The fraction of sp³-hybridized carbons (Fsp3) is 0.600. The highest BCUT2D eigenvalue weighted by atomic mass is 16.3. The lowest BCUT2D eigenvalue weighted by Crippen LogP contribution is -2.42. The first-order valence-electron chi connectivity index (χ1n) is 6.92. The van der Waals surface area contributed by atoms with Crippen LogP contribution in [0.15, 0.2) is 18.2 Å². The second kappa shape index (κ2) is 5.80. The Hall–Kier alpha value is -1.26. The number of likely N-dealkylation sites (tertiary alicyclic amines) is 1. The van der Waals surface area contributed by atoms with Gasteiger partial charge in [0, 0.05) is 25.2 Å². The van der Waals surface area contributed by atoms with Crippen molar-refractivity contribution in [2.75, 3.05) is 27.2 Å². The van der Waals surface area contributed by atoms with Crippen LogP contribution in [0.25, 0.3) is 0 Å². The fourth-order valence-corrected chi connectivity index (χ4v) is 2.94. The van der Waals surface area contributed by atoms with E-state index in [4.69, 9.17) is 0 Å². The summed E-state index contributed by atoms with van der Waals surface area (Å²) in [5.74, 6) is 0.365. The van der Waals surface area contributed by atoms with Crippen molar-refractivity contribution >= 4 is 0 Å². The van der Waals surface area contributed by atoms with E-state index in [-0.39, 0.29) is 17.5 Å². The lowest BCUT2D eigenvalue weighted by molar-refractivity contribution is 0.112. The Morgan fingerprint density at radius 1 is 1.16 bits per heavy atom. The summed E-state index contributed by atoms with van der Waals surface area (Å²) in [6.07, 6.45) is 2.26. The van der Waals surface area contributed by atoms with Gasteiger partial charge in [0.05, 0.1) is 5.56 Å². The molecule has 19 heavy (non-hydrogen) atoms. The third-order valence-corrected chi connectivity index (χ3v) is 4.25. The molecule has 0 bridgehead atoms. The molecule has 0 radical (unpaired) electrons. The maximum Gasteiger partial charge on any atom is 0.124 e. The van der Waals surface area contributed by atoms with Gasteiger partial charge in [-0.3, -0.25) is 4.90 Å². The van der Waals surface area contributed by atoms with Crippen LogP contribution in [0.2, 0.25) is 0 Å². The van der Waals surface area contributed by atoms with Crippen LogP contribution in [-0.2, 0) is 0 Å². The van der Waals surface area contributed by atoms with Gasteiger partial charge in [-0.25, -0.2) is 0 Å². The SMILES string of the molecule is CC(c1c(O)cccc1O)N1CCC(N(C)C)CC1. The predicted octanol–water partition coefficient (Wildman–Crippen LogP) is 2.18. The summed E-state index contributed by atoms with van der Waals surface area (Å²) in [7, 11) is 4.25. The summed E-state index contributed by atoms with van der Waals surface area (Å²) >= 11 is 0. The lowest BCUT2D eigenvalue weighted by Gasteiger charge is -2.38. The molecule has 1 heterocycles. The highest BCUT2D eigenvalue weighted by Crippen LogP contribution is 2.36. The zero-order valence-corrected chi connectivity index (χ0v) is 12.0. The molecule has 1 aliphatic heterocycles. The molecule has 1 saturated heterocycles. The molecule has 1 atom stereocenters.